The molecular formula is C23H29N3O3S. The second-order valence-corrected chi connectivity index (χ2v) is 8.69. The van der Waals surface area contributed by atoms with Crippen molar-refractivity contribution in [2.45, 2.75) is 45.2 Å². The van der Waals surface area contributed by atoms with Crippen molar-refractivity contribution in [2.24, 2.45) is 5.92 Å². The lowest BCUT2D eigenvalue weighted by atomic mass is 9.88. The van der Waals surface area contributed by atoms with Crippen molar-refractivity contribution >= 4 is 29.1 Å². The van der Waals surface area contributed by atoms with Crippen molar-refractivity contribution in [2.75, 3.05) is 13.1 Å². The summed E-state index contributed by atoms with van der Waals surface area (Å²) in [6.45, 7) is 5.12. The molecule has 1 aromatic carbocycles. The van der Waals surface area contributed by atoms with Crippen molar-refractivity contribution < 1.29 is 14.4 Å². The number of benzene rings is 1. The van der Waals surface area contributed by atoms with E-state index in [-0.39, 0.29) is 29.7 Å². The summed E-state index contributed by atoms with van der Waals surface area (Å²) in [5.41, 5.74) is 0.532. The fraction of sp³-hybridized carbons (Fsp3) is 0.435. The minimum atomic E-state index is -0.620. The standard InChI is InChI=1S/C23H29N3O3S/c1-3-16(2)24-22(28)20(25-21(27)18-8-5-4-6-9-18)17-11-13-26(14-12-17)23(29)19-10-7-15-30-19/h4-10,15-17,20H,3,11-14H2,1-2H3,(H,24,28)(H,25,27)/t16-,20+/m0/s1. The average Bonchev–Trinajstić information content (AvgIpc) is 3.32. The quantitative estimate of drug-likeness (QED) is 0.712. The van der Waals surface area contributed by atoms with Gasteiger partial charge in [-0.05, 0) is 55.7 Å². The van der Waals surface area contributed by atoms with Gasteiger partial charge < -0.3 is 15.5 Å². The van der Waals surface area contributed by atoms with Crippen molar-refractivity contribution in [3.63, 3.8) is 0 Å². The predicted octanol–water partition coefficient (Wildman–Crippen LogP) is 3.31. The Bertz CT molecular complexity index is 846. The molecule has 160 valence electrons. The van der Waals surface area contributed by atoms with Crippen LogP contribution < -0.4 is 10.6 Å². The van der Waals surface area contributed by atoms with E-state index >= 15 is 0 Å². The molecule has 0 unspecified atom stereocenters. The third-order valence-electron chi connectivity index (χ3n) is 5.64. The van der Waals surface area contributed by atoms with E-state index in [0.29, 0.717) is 31.5 Å². The normalized spacial score (nSPS) is 16.5. The summed E-state index contributed by atoms with van der Waals surface area (Å²) in [6.07, 6.45) is 2.16. The zero-order valence-corrected chi connectivity index (χ0v) is 18.3. The van der Waals surface area contributed by atoms with E-state index in [2.05, 4.69) is 10.6 Å². The number of amides is 3. The number of likely N-dealkylation sites (tertiary alicyclic amines) is 1. The molecule has 1 fully saturated rings. The van der Waals surface area contributed by atoms with Crippen LogP contribution in [0.25, 0.3) is 0 Å². The number of rotatable bonds is 7. The van der Waals surface area contributed by atoms with Gasteiger partial charge in [0.15, 0.2) is 0 Å². The van der Waals surface area contributed by atoms with Crippen molar-refractivity contribution in [1.82, 2.24) is 15.5 Å². The van der Waals surface area contributed by atoms with Crippen molar-refractivity contribution in [1.29, 1.82) is 0 Å². The van der Waals surface area contributed by atoms with Crippen LogP contribution in [0.5, 0.6) is 0 Å². The van der Waals surface area contributed by atoms with Gasteiger partial charge in [0, 0.05) is 24.7 Å². The van der Waals surface area contributed by atoms with Gasteiger partial charge in [-0.1, -0.05) is 31.2 Å². The molecule has 0 radical (unpaired) electrons. The Morgan fingerprint density at radius 1 is 1.07 bits per heavy atom. The van der Waals surface area contributed by atoms with Gasteiger partial charge in [-0.25, -0.2) is 0 Å². The molecule has 3 amide bonds. The van der Waals surface area contributed by atoms with E-state index in [1.54, 1.807) is 24.3 Å². The number of nitrogens with zero attached hydrogens (tertiary/aromatic N) is 1. The van der Waals surface area contributed by atoms with E-state index in [1.807, 2.05) is 42.3 Å². The number of piperidine rings is 1. The number of thiophene rings is 1. The third kappa shape index (κ3) is 5.48. The summed E-state index contributed by atoms with van der Waals surface area (Å²) >= 11 is 1.44. The van der Waals surface area contributed by atoms with E-state index < -0.39 is 6.04 Å². The molecule has 6 nitrogen and oxygen atoms in total. The lowest BCUT2D eigenvalue weighted by Gasteiger charge is -2.36. The van der Waals surface area contributed by atoms with Crippen LogP contribution in [0.1, 0.15) is 53.1 Å². The van der Waals surface area contributed by atoms with Gasteiger partial charge in [0.1, 0.15) is 6.04 Å². The second-order valence-electron chi connectivity index (χ2n) is 7.74. The van der Waals surface area contributed by atoms with Gasteiger partial charge in [-0.3, -0.25) is 14.4 Å². The molecule has 0 bridgehead atoms. The Kier molecular flexibility index (Phi) is 7.63. The molecule has 0 aliphatic carbocycles. The van der Waals surface area contributed by atoms with Crippen LogP contribution in [0, 0.1) is 5.92 Å². The first-order valence-electron chi connectivity index (χ1n) is 10.5. The molecule has 2 atom stereocenters. The van der Waals surface area contributed by atoms with E-state index in [9.17, 15) is 14.4 Å². The topological polar surface area (TPSA) is 78.5 Å². The maximum atomic E-state index is 13.0. The van der Waals surface area contributed by atoms with Crippen LogP contribution in [0.4, 0.5) is 0 Å². The van der Waals surface area contributed by atoms with Crippen LogP contribution in [0.2, 0.25) is 0 Å². The highest BCUT2D eigenvalue weighted by atomic mass is 32.1. The van der Waals surface area contributed by atoms with Crippen molar-refractivity contribution in [3.05, 3.63) is 58.3 Å². The van der Waals surface area contributed by atoms with E-state index in [1.165, 1.54) is 11.3 Å². The van der Waals surface area contributed by atoms with Crippen LogP contribution in [0.15, 0.2) is 47.8 Å². The van der Waals surface area contributed by atoms with E-state index in [0.717, 1.165) is 11.3 Å². The number of carbonyl (C=O) groups is 3. The van der Waals surface area contributed by atoms with Gasteiger partial charge in [-0.15, -0.1) is 11.3 Å². The molecule has 7 heteroatoms. The summed E-state index contributed by atoms with van der Waals surface area (Å²) in [5, 5.41) is 7.86. The molecule has 2 aromatic rings. The molecular weight excluding hydrogens is 398 g/mol. The number of hydrogen-bond acceptors (Lipinski definition) is 4. The summed E-state index contributed by atoms with van der Waals surface area (Å²) in [4.78, 5) is 40.9. The smallest absolute Gasteiger partial charge is 0.263 e. The Labute approximate surface area is 181 Å². The van der Waals surface area contributed by atoms with Gasteiger partial charge in [0.25, 0.3) is 11.8 Å². The second kappa shape index (κ2) is 10.4. The van der Waals surface area contributed by atoms with Crippen LogP contribution in [0.3, 0.4) is 0 Å². The SMILES string of the molecule is CC[C@H](C)NC(=O)[C@H](NC(=O)c1ccccc1)C1CCN(C(=O)c2cccs2)CC1. The summed E-state index contributed by atoms with van der Waals surface area (Å²) in [6, 6.07) is 12.1. The maximum absolute atomic E-state index is 13.0. The van der Waals surface area contributed by atoms with Crippen LogP contribution in [-0.2, 0) is 4.79 Å². The first kappa shape index (κ1) is 22.0. The Hall–Kier alpha value is -2.67. The van der Waals surface area contributed by atoms with Gasteiger partial charge in [0.2, 0.25) is 5.91 Å². The molecule has 2 N–H and O–H groups in total. The average molecular weight is 428 g/mol. The lowest BCUT2D eigenvalue weighted by molar-refractivity contribution is -0.125. The van der Waals surface area contributed by atoms with E-state index in [4.69, 9.17) is 0 Å². The van der Waals surface area contributed by atoms with Gasteiger partial charge in [0.05, 0.1) is 4.88 Å². The molecule has 1 saturated heterocycles. The molecule has 1 aromatic heterocycles. The highest BCUT2D eigenvalue weighted by molar-refractivity contribution is 7.12. The van der Waals surface area contributed by atoms with Crippen LogP contribution in [-0.4, -0.2) is 47.8 Å². The predicted molar refractivity (Wildman–Crippen MR) is 119 cm³/mol. The van der Waals surface area contributed by atoms with Gasteiger partial charge >= 0.3 is 0 Å². The highest BCUT2D eigenvalue weighted by Gasteiger charge is 2.34. The molecule has 30 heavy (non-hydrogen) atoms. The number of carbonyl (C=O) groups excluding carboxylic acids is 3. The molecule has 3 rings (SSSR count). The minimum absolute atomic E-state index is 0.0193. The first-order chi connectivity index (χ1) is 14.5. The fourth-order valence-electron chi connectivity index (χ4n) is 3.64. The minimum Gasteiger partial charge on any atom is -0.352 e. The monoisotopic (exact) mass is 427 g/mol. The van der Waals surface area contributed by atoms with Gasteiger partial charge in [-0.2, -0.15) is 0 Å². The molecule has 1 aliphatic rings. The zero-order chi connectivity index (χ0) is 21.5. The molecule has 0 spiro atoms. The third-order valence-corrected chi connectivity index (χ3v) is 6.49. The Balaban J connectivity index is 1.68. The van der Waals surface area contributed by atoms with Crippen LogP contribution >= 0.6 is 11.3 Å². The summed E-state index contributed by atoms with van der Waals surface area (Å²) < 4.78 is 0. The fourth-order valence-corrected chi connectivity index (χ4v) is 4.33. The number of hydrogen-bond donors (Lipinski definition) is 2. The highest BCUT2D eigenvalue weighted by Crippen LogP contribution is 2.24. The largest absolute Gasteiger partial charge is 0.352 e. The zero-order valence-electron chi connectivity index (χ0n) is 17.5. The maximum Gasteiger partial charge on any atom is 0.263 e. The lowest BCUT2D eigenvalue weighted by Crippen LogP contribution is -2.55. The van der Waals surface area contributed by atoms with Crippen molar-refractivity contribution in [3.8, 4) is 0 Å². The number of nitrogens with one attached hydrogen (secondary N) is 2. The summed E-state index contributed by atoms with van der Waals surface area (Å²) in [5.74, 6) is -0.389. The Morgan fingerprint density at radius 3 is 2.37 bits per heavy atom. The molecule has 0 saturated carbocycles. The molecule has 2 heterocycles. The first-order valence-corrected chi connectivity index (χ1v) is 11.4. The Morgan fingerprint density at radius 2 is 1.77 bits per heavy atom. The summed E-state index contributed by atoms with van der Waals surface area (Å²) in [7, 11) is 0. The molecule has 1 aliphatic heterocycles.